The SMILES string of the molecule is C[C@@H]1CN(C(=O)OCc2ccccc2)C[C@H](C)N1CCCOc1ccc([N+](=O)[O-])cn1. The van der Waals surface area contributed by atoms with Crippen LogP contribution in [-0.4, -0.2) is 64.1 Å². The van der Waals surface area contributed by atoms with Gasteiger partial charge in [0.2, 0.25) is 5.88 Å². The maximum atomic E-state index is 12.5. The molecule has 2 atom stereocenters. The highest BCUT2D eigenvalue weighted by molar-refractivity contribution is 5.68. The van der Waals surface area contributed by atoms with Crippen molar-refractivity contribution in [1.82, 2.24) is 14.8 Å². The van der Waals surface area contributed by atoms with E-state index in [1.165, 1.54) is 18.3 Å². The number of pyridine rings is 1. The van der Waals surface area contributed by atoms with E-state index in [4.69, 9.17) is 9.47 Å². The quantitative estimate of drug-likeness (QED) is 0.361. The van der Waals surface area contributed by atoms with E-state index in [1.807, 2.05) is 30.3 Å². The van der Waals surface area contributed by atoms with Crippen molar-refractivity contribution >= 4 is 11.8 Å². The minimum atomic E-state index is -0.489. The highest BCUT2D eigenvalue weighted by Crippen LogP contribution is 2.18. The molecule has 1 aromatic heterocycles. The average molecular weight is 428 g/mol. The second-order valence-corrected chi connectivity index (χ2v) is 7.69. The van der Waals surface area contributed by atoms with Crippen molar-refractivity contribution in [3.63, 3.8) is 0 Å². The molecule has 9 heteroatoms. The Balaban J connectivity index is 1.40. The molecule has 0 aliphatic carbocycles. The van der Waals surface area contributed by atoms with Gasteiger partial charge in [0.05, 0.1) is 11.5 Å². The van der Waals surface area contributed by atoms with Crippen LogP contribution in [-0.2, 0) is 11.3 Å². The van der Waals surface area contributed by atoms with Gasteiger partial charge in [0.1, 0.15) is 12.8 Å². The highest BCUT2D eigenvalue weighted by Gasteiger charge is 2.32. The number of carbonyl (C=O) groups is 1. The fourth-order valence-corrected chi connectivity index (χ4v) is 3.75. The van der Waals surface area contributed by atoms with Crippen molar-refractivity contribution < 1.29 is 19.2 Å². The first kappa shape index (κ1) is 22.5. The van der Waals surface area contributed by atoms with Crippen LogP contribution in [0.3, 0.4) is 0 Å². The second kappa shape index (κ2) is 10.7. The summed E-state index contributed by atoms with van der Waals surface area (Å²) in [6, 6.07) is 12.9. The Kier molecular flexibility index (Phi) is 7.77. The number of benzene rings is 1. The van der Waals surface area contributed by atoms with Gasteiger partial charge in [-0.1, -0.05) is 30.3 Å². The number of piperazine rings is 1. The Labute approximate surface area is 181 Å². The number of hydrogen-bond donors (Lipinski definition) is 0. The van der Waals surface area contributed by atoms with Crippen LogP contribution in [0.4, 0.5) is 10.5 Å². The third-order valence-electron chi connectivity index (χ3n) is 5.31. The van der Waals surface area contributed by atoms with Crippen LogP contribution < -0.4 is 4.74 Å². The molecule has 3 rings (SSSR count). The van der Waals surface area contributed by atoms with Gasteiger partial charge in [-0.05, 0) is 25.8 Å². The molecule has 0 N–H and O–H groups in total. The molecule has 0 unspecified atom stereocenters. The number of amides is 1. The Morgan fingerprint density at radius 2 is 1.87 bits per heavy atom. The third kappa shape index (κ3) is 6.39. The summed E-state index contributed by atoms with van der Waals surface area (Å²) in [6.45, 7) is 6.99. The van der Waals surface area contributed by atoms with Crippen molar-refractivity contribution in [1.29, 1.82) is 0 Å². The van der Waals surface area contributed by atoms with Gasteiger partial charge in [-0.25, -0.2) is 9.78 Å². The molecule has 0 bridgehead atoms. The third-order valence-corrected chi connectivity index (χ3v) is 5.31. The van der Waals surface area contributed by atoms with E-state index < -0.39 is 4.92 Å². The van der Waals surface area contributed by atoms with Crippen LogP contribution >= 0.6 is 0 Å². The lowest BCUT2D eigenvalue weighted by molar-refractivity contribution is -0.385. The van der Waals surface area contributed by atoms with Crippen LogP contribution in [0.2, 0.25) is 0 Å². The van der Waals surface area contributed by atoms with Crippen LogP contribution in [0.5, 0.6) is 5.88 Å². The summed E-state index contributed by atoms with van der Waals surface area (Å²) in [5.41, 5.74) is 0.910. The van der Waals surface area contributed by atoms with E-state index in [9.17, 15) is 14.9 Å². The molecule has 1 aliphatic rings. The summed E-state index contributed by atoms with van der Waals surface area (Å²) in [4.78, 5) is 30.7. The molecular formula is C22H28N4O5. The molecule has 1 aliphatic heterocycles. The Morgan fingerprint density at radius 3 is 2.48 bits per heavy atom. The largest absolute Gasteiger partial charge is 0.478 e. The topological polar surface area (TPSA) is 98.0 Å². The Morgan fingerprint density at radius 1 is 1.16 bits per heavy atom. The molecular weight excluding hydrogens is 400 g/mol. The number of ether oxygens (including phenoxy) is 2. The van der Waals surface area contributed by atoms with E-state index in [-0.39, 0.29) is 30.5 Å². The maximum absolute atomic E-state index is 12.5. The van der Waals surface area contributed by atoms with E-state index in [0.717, 1.165) is 18.5 Å². The molecule has 9 nitrogen and oxygen atoms in total. The van der Waals surface area contributed by atoms with E-state index in [0.29, 0.717) is 25.6 Å². The Hall–Kier alpha value is -3.20. The first-order valence-electron chi connectivity index (χ1n) is 10.4. The summed E-state index contributed by atoms with van der Waals surface area (Å²) < 4.78 is 11.1. The fraction of sp³-hybridized carbons (Fsp3) is 0.455. The van der Waals surface area contributed by atoms with Gasteiger partial charge in [0.25, 0.3) is 5.69 Å². The molecule has 0 spiro atoms. The first-order chi connectivity index (χ1) is 14.9. The lowest BCUT2D eigenvalue weighted by atomic mass is 10.1. The molecule has 2 aromatic rings. The van der Waals surface area contributed by atoms with Crippen molar-refractivity contribution in [2.24, 2.45) is 0 Å². The normalized spacial score (nSPS) is 19.1. The highest BCUT2D eigenvalue weighted by atomic mass is 16.6. The van der Waals surface area contributed by atoms with Gasteiger partial charge >= 0.3 is 6.09 Å². The second-order valence-electron chi connectivity index (χ2n) is 7.69. The van der Waals surface area contributed by atoms with Gasteiger partial charge in [0.15, 0.2) is 0 Å². The molecule has 0 saturated carbocycles. The van der Waals surface area contributed by atoms with Crippen molar-refractivity contribution in [2.75, 3.05) is 26.2 Å². The zero-order valence-electron chi connectivity index (χ0n) is 17.8. The molecule has 31 heavy (non-hydrogen) atoms. The van der Waals surface area contributed by atoms with E-state index in [1.54, 1.807) is 4.90 Å². The predicted octanol–water partition coefficient (Wildman–Crippen LogP) is 3.49. The smallest absolute Gasteiger partial charge is 0.410 e. The average Bonchev–Trinajstić information content (AvgIpc) is 2.77. The van der Waals surface area contributed by atoms with Gasteiger partial charge in [-0.15, -0.1) is 0 Å². The van der Waals surface area contributed by atoms with E-state index in [2.05, 4.69) is 23.7 Å². The van der Waals surface area contributed by atoms with Crippen molar-refractivity contribution in [2.45, 2.75) is 39.0 Å². The van der Waals surface area contributed by atoms with Gasteiger partial charge in [-0.3, -0.25) is 15.0 Å². The molecule has 2 heterocycles. The number of nitrogens with zero attached hydrogens (tertiary/aromatic N) is 4. The zero-order valence-corrected chi connectivity index (χ0v) is 17.8. The molecule has 1 amide bonds. The van der Waals surface area contributed by atoms with Crippen molar-refractivity contribution in [3.8, 4) is 5.88 Å². The number of hydrogen-bond acceptors (Lipinski definition) is 7. The van der Waals surface area contributed by atoms with Crippen molar-refractivity contribution in [3.05, 3.63) is 64.3 Å². The lowest BCUT2D eigenvalue weighted by Crippen LogP contribution is -2.58. The minimum absolute atomic E-state index is 0.0600. The number of nitro groups is 1. The maximum Gasteiger partial charge on any atom is 0.410 e. The predicted molar refractivity (Wildman–Crippen MR) is 115 cm³/mol. The fourth-order valence-electron chi connectivity index (χ4n) is 3.75. The molecule has 1 saturated heterocycles. The van der Waals surface area contributed by atoms with Gasteiger partial charge in [-0.2, -0.15) is 0 Å². The zero-order chi connectivity index (χ0) is 22.2. The summed E-state index contributed by atoms with van der Waals surface area (Å²) >= 11 is 0. The van der Waals surface area contributed by atoms with Gasteiger partial charge < -0.3 is 14.4 Å². The monoisotopic (exact) mass is 428 g/mol. The first-order valence-corrected chi connectivity index (χ1v) is 10.4. The number of aromatic nitrogens is 1. The number of carbonyl (C=O) groups excluding carboxylic acids is 1. The minimum Gasteiger partial charge on any atom is -0.478 e. The van der Waals surface area contributed by atoms with E-state index >= 15 is 0 Å². The van der Waals surface area contributed by atoms with Gasteiger partial charge in [0, 0.05) is 43.9 Å². The number of rotatable bonds is 8. The molecule has 0 radical (unpaired) electrons. The lowest BCUT2D eigenvalue weighted by Gasteiger charge is -2.44. The van der Waals surface area contributed by atoms with Crippen LogP contribution in [0.15, 0.2) is 48.7 Å². The summed E-state index contributed by atoms with van der Waals surface area (Å²) in [6.07, 6.45) is 1.69. The summed E-state index contributed by atoms with van der Waals surface area (Å²) in [5.74, 6) is 0.373. The molecule has 166 valence electrons. The Bertz CT molecular complexity index is 850. The summed E-state index contributed by atoms with van der Waals surface area (Å²) in [7, 11) is 0. The van der Waals surface area contributed by atoms with Crippen LogP contribution in [0.1, 0.15) is 25.8 Å². The van der Waals surface area contributed by atoms with Crippen LogP contribution in [0, 0.1) is 10.1 Å². The summed E-state index contributed by atoms with van der Waals surface area (Å²) in [5, 5.41) is 10.7. The van der Waals surface area contributed by atoms with Crippen LogP contribution in [0.25, 0.3) is 0 Å². The molecule has 1 aromatic carbocycles. The molecule has 1 fully saturated rings. The standard InChI is InChI=1S/C22H28N4O5/c1-17-14-24(22(27)31-16-19-7-4-3-5-8-19)15-18(2)25(17)11-6-12-30-21-10-9-20(13-23-21)26(28)29/h3-5,7-10,13,17-18H,6,11-12,14-16H2,1-2H3/t17-,18+.